The minimum absolute atomic E-state index is 0.263. The molecular formula is C8H12OP2. The van der Waals surface area contributed by atoms with Gasteiger partial charge in [-0.1, -0.05) is 36.7 Å². The lowest BCUT2D eigenvalue weighted by atomic mass is 10.3. The first-order chi connectivity index (χ1) is 5.08. The second-order valence-electron chi connectivity index (χ2n) is 2.60. The molecule has 0 bridgehead atoms. The molecule has 0 aliphatic carbocycles. The highest BCUT2D eigenvalue weighted by atomic mass is 31.1. The maximum absolute atomic E-state index is 5.53. The molecule has 0 saturated carbocycles. The second kappa shape index (κ2) is 3.52. The summed E-state index contributed by atoms with van der Waals surface area (Å²) in [4.78, 5) is 0. The normalized spacial score (nSPS) is 11.2. The third kappa shape index (κ3) is 3.70. The first-order valence-electron chi connectivity index (χ1n) is 3.40. The summed E-state index contributed by atoms with van der Waals surface area (Å²) in [6, 6.07) is 9.75. The number of rotatable bonds is 2. The van der Waals surface area contributed by atoms with E-state index >= 15 is 0 Å². The van der Waals surface area contributed by atoms with E-state index in [1.54, 1.807) is 0 Å². The van der Waals surface area contributed by atoms with Gasteiger partial charge < -0.3 is 4.74 Å². The predicted molar refractivity (Wildman–Crippen MR) is 54.9 cm³/mol. The average molecular weight is 186 g/mol. The molecule has 0 amide bonds. The molecule has 0 saturated heterocycles. The highest BCUT2D eigenvalue weighted by Crippen LogP contribution is 2.29. The summed E-state index contributed by atoms with van der Waals surface area (Å²) in [7, 11) is 5.21. The summed E-state index contributed by atoms with van der Waals surface area (Å²) in [5.74, 6) is 0.889. The van der Waals surface area contributed by atoms with Crippen LogP contribution in [0.3, 0.4) is 0 Å². The molecule has 0 aliphatic rings. The summed E-state index contributed by atoms with van der Waals surface area (Å²) in [6.45, 7) is 1.97. The van der Waals surface area contributed by atoms with Gasteiger partial charge in [-0.05, 0) is 19.1 Å². The molecule has 0 fully saturated rings. The molecule has 0 aromatic heterocycles. The van der Waals surface area contributed by atoms with E-state index in [2.05, 4.69) is 18.5 Å². The first kappa shape index (κ1) is 8.97. The Kier molecular flexibility index (Phi) is 2.87. The molecule has 1 rings (SSSR count). The quantitative estimate of drug-likeness (QED) is 0.644. The Morgan fingerprint density at radius 2 is 1.73 bits per heavy atom. The van der Waals surface area contributed by atoms with Crippen LogP contribution in [0, 0.1) is 0 Å². The zero-order valence-electron chi connectivity index (χ0n) is 6.45. The van der Waals surface area contributed by atoms with Gasteiger partial charge in [-0.25, -0.2) is 0 Å². The van der Waals surface area contributed by atoms with Crippen molar-refractivity contribution >= 4 is 18.5 Å². The molecule has 11 heavy (non-hydrogen) atoms. The summed E-state index contributed by atoms with van der Waals surface area (Å²) in [5.41, 5.74) is 0. The third-order valence-corrected chi connectivity index (χ3v) is 1.32. The fraction of sp³-hybridized carbons (Fsp3) is 0.250. The Morgan fingerprint density at radius 1 is 1.18 bits per heavy atom. The molecule has 2 atom stereocenters. The van der Waals surface area contributed by atoms with E-state index in [1.807, 2.05) is 37.3 Å². The number of hydrogen-bond acceptors (Lipinski definition) is 1. The van der Waals surface area contributed by atoms with Crippen LogP contribution in [-0.4, -0.2) is 5.08 Å². The van der Waals surface area contributed by atoms with Crippen molar-refractivity contribution in [2.45, 2.75) is 12.0 Å². The Morgan fingerprint density at radius 3 is 2.18 bits per heavy atom. The van der Waals surface area contributed by atoms with Gasteiger partial charge in [0.25, 0.3) is 0 Å². The molecule has 1 aromatic rings. The Labute approximate surface area is 71.9 Å². The maximum Gasteiger partial charge on any atom is 0.131 e. The number of para-hydroxylation sites is 1. The largest absolute Gasteiger partial charge is 0.480 e. The average Bonchev–Trinajstić information content (AvgIpc) is 1.85. The Balaban J connectivity index is 2.66. The second-order valence-corrected chi connectivity index (χ2v) is 5.56. The van der Waals surface area contributed by atoms with Crippen LogP contribution in [-0.2, 0) is 0 Å². The van der Waals surface area contributed by atoms with E-state index in [1.165, 1.54) is 0 Å². The van der Waals surface area contributed by atoms with Crippen molar-refractivity contribution in [3.05, 3.63) is 30.3 Å². The molecular weight excluding hydrogens is 174 g/mol. The van der Waals surface area contributed by atoms with Crippen LogP contribution in [0.2, 0.25) is 0 Å². The Hall–Kier alpha value is -0.120. The van der Waals surface area contributed by atoms with Gasteiger partial charge in [0.05, 0.1) is 0 Å². The summed E-state index contributed by atoms with van der Waals surface area (Å²) in [6.07, 6.45) is 0. The minimum atomic E-state index is -0.263. The lowest BCUT2D eigenvalue weighted by Gasteiger charge is -2.20. The predicted octanol–water partition coefficient (Wildman–Crippen LogP) is 2.49. The smallest absolute Gasteiger partial charge is 0.131 e. The molecule has 0 radical (unpaired) electrons. The van der Waals surface area contributed by atoms with Gasteiger partial charge in [0.2, 0.25) is 0 Å². The Bertz CT molecular complexity index is 215. The molecule has 0 N–H and O–H groups in total. The molecule has 0 heterocycles. The van der Waals surface area contributed by atoms with Crippen molar-refractivity contribution in [2.75, 3.05) is 0 Å². The van der Waals surface area contributed by atoms with Crippen LogP contribution in [0.5, 0.6) is 5.75 Å². The fourth-order valence-electron chi connectivity index (χ4n) is 0.742. The maximum atomic E-state index is 5.53. The van der Waals surface area contributed by atoms with Gasteiger partial charge in [0, 0.05) is 0 Å². The van der Waals surface area contributed by atoms with Crippen molar-refractivity contribution in [3.63, 3.8) is 0 Å². The molecule has 3 heteroatoms. The third-order valence-electron chi connectivity index (χ3n) is 1.08. The standard InChI is InChI=1S/C8H12OP2/c1-8(10,11)9-7-5-3-2-4-6-7/h2-6H,10-11H2,1H3. The zero-order valence-corrected chi connectivity index (χ0v) is 8.76. The topological polar surface area (TPSA) is 9.23 Å². The van der Waals surface area contributed by atoms with E-state index in [0.717, 1.165) is 5.75 Å². The lowest BCUT2D eigenvalue weighted by Crippen LogP contribution is -2.13. The first-order valence-corrected chi connectivity index (χ1v) is 4.55. The molecule has 0 aliphatic heterocycles. The van der Waals surface area contributed by atoms with E-state index in [4.69, 9.17) is 4.74 Å². The van der Waals surface area contributed by atoms with Gasteiger partial charge in [-0.2, -0.15) is 0 Å². The zero-order chi connectivity index (χ0) is 8.32. The minimum Gasteiger partial charge on any atom is -0.480 e. The van der Waals surface area contributed by atoms with Gasteiger partial charge in [0.1, 0.15) is 10.8 Å². The van der Waals surface area contributed by atoms with Crippen LogP contribution in [0.1, 0.15) is 6.92 Å². The molecule has 2 unspecified atom stereocenters. The molecule has 60 valence electrons. The van der Waals surface area contributed by atoms with Gasteiger partial charge in [-0.15, -0.1) is 0 Å². The van der Waals surface area contributed by atoms with Gasteiger partial charge >= 0.3 is 0 Å². The van der Waals surface area contributed by atoms with Crippen LogP contribution < -0.4 is 4.74 Å². The fourth-order valence-corrected chi connectivity index (χ4v) is 1.01. The number of ether oxygens (including phenoxy) is 1. The van der Waals surface area contributed by atoms with Crippen LogP contribution in [0.4, 0.5) is 0 Å². The number of benzene rings is 1. The summed E-state index contributed by atoms with van der Waals surface area (Å²) >= 11 is 0. The van der Waals surface area contributed by atoms with E-state index in [9.17, 15) is 0 Å². The number of hydrogen-bond donors (Lipinski definition) is 0. The van der Waals surface area contributed by atoms with E-state index < -0.39 is 0 Å². The highest BCUT2D eigenvalue weighted by Gasteiger charge is 2.10. The van der Waals surface area contributed by atoms with Crippen molar-refractivity contribution in [1.29, 1.82) is 0 Å². The van der Waals surface area contributed by atoms with Crippen LogP contribution >= 0.6 is 18.5 Å². The summed E-state index contributed by atoms with van der Waals surface area (Å²) in [5, 5.41) is -0.263. The monoisotopic (exact) mass is 186 g/mol. The highest BCUT2D eigenvalue weighted by molar-refractivity contribution is 7.39. The molecule has 1 nitrogen and oxygen atoms in total. The summed E-state index contributed by atoms with van der Waals surface area (Å²) < 4.78 is 5.53. The van der Waals surface area contributed by atoms with Crippen molar-refractivity contribution < 1.29 is 4.74 Å². The lowest BCUT2D eigenvalue weighted by molar-refractivity contribution is 0.275. The SMILES string of the molecule is CC(P)(P)Oc1ccccc1. The van der Waals surface area contributed by atoms with Crippen molar-refractivity contribution in [2.24, 2.45) is 0 Å². The van der Waals surface area contributed by atoms with E-state index in [-0.39, 0.29) is 5.08 Å². The van der Waals surface area contributed by atoms with Crippen LogP contribution in [0.25, 0.3) is 0 Å². The van der Waals surface area contributed by atoms with E-state index in [0.29, 0.717) is 0 Å². The molecule has 0 spiro atoms. The van der Waals surface area contributed by atoms with Gasteiger partial charge in [0.15, 0.2) is 0 Å². The molecule has 1 aromatic carbocycles. The van der Waals surface area contributed by atoms with Crippen molar-refractivity contribution in [3.8, 4) is 5.75 Å². The van der Waals surface area contributed by atoms with Crippen LogP contribution in [0.15, 0.2) is 30.3 Å². The van der Waals surface area contributed by atoms with Gasteiger partial charge in [-0.3, -0.25) is 0 Å². The van der Waals surface area contributed by atoms with Crippen molar-refractivity contribution in [1.82, 2.24) is 0 Å².